The molecular weight excluding hydrogens is 570 g/mol. The van der Waals surface area contributed by atoms with Crippen molar-refractivity contribution in [2.75, 3.05) is 39.3 Å². The van der Waals surface area contributed by atoms with Crippen LogP contribution in [-0.2, 0) is 24.4 Å². The summed E-state index contributed by atoms with van der Waals surface area (Å²) in [4.78, 5) is 37.5. The van der Waals surface area contributed by atoms with Crippen molar-refractivity contribution >= 4 is 38.6 Å². The number of sulfonamides is 1. The molecule has 0 radical (unpaired) electrons. The van der Waals surface area contributed by atoms with Crippen molar-refractivity contribution in [3.8, 4) is 0 Å². The van der Waals surface area contributed by atoms with Crippen LogP contribution in [0, 0.1) is 17.8 Å². The molecule has 2 aromatic rings. The van der Waals surface area contributed by atoms with Crippen LogP contribution in [-0.4, -0.2) is 76.6 Å². The minimum atomic E-state index is -4.17. The minimum Gasteiger partial charge on any atom is -0.480 e. The Labute approximate surface area is 254 Å². The molecule has 2 aromatic carbocycles. The predicted molar refractivity (Wildman–Crippen MR) is 165 cm³/mol. The van der Waals surface area contributed by atoms with E-state index < -0.39 is 34.5 Å². The van der Waals surface area contributed by atoms with E-state index in [9.17, 15) is 27.9 Å². The van der Waals surface area contributed by atoms with Crippen LogP contribution >= 0.6 is 0 Å². The summed E-state index contributed by atoms with van der Waals surface area (Å²) in [7, 11) is -4.17. The van der Waals surface area contributed by atoms with Crippen molar-refractivity contribution in [1.29, 1.82) is 0 Å². The second-order valence-electron chi connectivity index (χ2n) is 11.8. The van der Waals surface area contributed by atoms with Crippen molar-refractivity contribution < 1.29 is 27.9 Å². The summed E-state index contributed by atoms with van der Waals surface area (Å²) in [6, 6.07) is 10.2. The summed E-state index contributed by atoms with van der Waals surface area (Å²) in [6.07, 6.45) is 7.97. The number of nitrogens with one attached hydrogen (secondary N) is 5. The summed E-state index contributed by atoms with van der Waals surface area (Å²) < 4.78 is 28.0. The smallest absolute Gasteiger partial charge is 0.323 e. The lowest BCUT2D eigenvalue weighted by atomic mass is 9.84. The quantitative estimate of drug-likeness (QED) is 0.177. The number of rotatable bonds is 15. The average molecular weight is 616 g/mol. The Morgan fingerprint density at radius 1 is 0.837 bits per heavy atom. The molecule has 11 nitrogen and oxygen atoms in total. The second kappa shape index (κ2) is 16.1. The van der Waals surface area contributed by atoms with Crippen molar-refractivity contribution in [2.24, 2.45) is 17.8 Å². The number of amides is 2. The third kappa shape index (κ3) is 10.3. The summed E-state index contributed by atoms with van der Waals surface area (Å²) in [6.45, 7) is 3.25. The van der Waals surface area contributed by atoms with Crippen LogP contribution in [0.5, 0.6) is 0 Å². The highest BCUT2D eigenvalue weighted by Crippen LogP contribution is 2.27. The number of fused-ring (bicyclic) bond motifs is 1. The number of benzene rings is 2. The van der Waals surface area contributed by atoms with Crippen LogP contribution in [0.25, 0.3) is 10.8 Å². The number of hydrogen-bond donors (Lipinski definition) is 6. The molecule has 2 aliphatic heterocycles. The van der Waals surface area contributed by atoms with Gasteiger partial charge in [0.15, 0.2) is 0 Å². The van der Waals surface area contributed by atoms with Gasteiger partial charge in [0.25, 0.3) is 0 Å². The first-order valence-electron chi connectivity index (χ1n) is 15.4. The average Bonchev–Trinajstić information content (AvgIpc) is 3.02. The summed E-state index contributed by atoms with van der Waals surface area (Å²) in [5, 5.41) is 23.1. The van der Waals surface area contributed by atoms with Gasteiger partial charge in [-0.05, 0) is 112 Å². The number of carbonyl (C=O) groups is 3. The van der Waals surface area contributed by atoms with Crippen molar-refractivity contribution in [3.63, 3.8) is 0 Å². The van der Waals surface area contributed by atoms with E-state index in [0.717, 1.165) is 82.9 Å². The molecule has 4 rings (SSSR count). The van der Waals surface area contributed by atoms with E-state index in [2.05, 4.69) is 26.0 Å². The normalized spacial score (nSPS) is 17.5. The number of carboxylic acid groups (broad SMARTS) is 1. The minimum absolute atomic E-state index is 0.0731. The van der Waals surface area contributed by atoms with E-state index in [4.69, 9.17) is 0 Å². The lowest BCUT2D eigenvalue weighted by Gasteiger charge is -2.27. The van der Waals surface area contributed by atoms with Crippen LogP contribution in [0.2, 0.25) is 0 Å². The monoisotopic (exact) mass is 615 g/mol. The zero-order valence-electron chi connectivity index (χ0n) is 24.6. The SMILES string of the molecule is O=C(CNC(=O)C(CCC1CCNCC1)CCC1CCNCC1)NC[C@H](NS(=O)(=O)c1ccc2ccccc2c1)C(=O)O. The fourth-order valence-electron chi connectivity index (χ4n) is 5.98. The van der Waals surface area contributed by atoms with E-state index in [1.807, 2.05) is 12.1 Å². The molecule has 0 aromatic heterocycles. The lowest BCUT2D eigenvalue weighted by Crippen LogP contribution is -2.50. The lowest BCUT2D eigenvalue weighted by molar-refractivity contribution is -0.139. The van der Waals surface area contributed by atoms with E-state index >= 15 is 0 Å². The van der Waals surface area contributed by atoms with Crippen LogP contribution in [0.4, 0.5) is 0 Å². The molecule has 0 bridgehead atoms. The second-order valence-corrected chi connectivity index (χ2v) is 13.5. The zero-order valence-corrected chi connectivity index (χ0v) is 25.5. The van der Waals surface area contributed by atoms with Gasteiger partial charge < -0.3 is 26.4 Å². The van der Waals surface area contributed by atoms with Gasteiger partial charge >= 0.3 is 5.97 Å². The predicted octanol–water partition coefficient (Wildman–Crippen LogP) is 1.98. The van der Waals surface area contributed by atoms with Gasteiger partial charge in [-0.3, -0.25) is 14.4 Å². The molecule has 236 valence electrons. The number of carbonyl (C=O) groups excluding carboxylic acids is 2. The maximum atomic E-state index is 13.2. The third-order valence-corrected chi connectivity index (χ3v) is 10.2. The first-order chi connectivity index (χ1) is 20.7. The molecular formula is C31H45N5O6S. The van der Waals surface area contributed by atoms with E-state index in [0.29, 0.717) is 17.2 Å². The van der Waals surface area contributed by atoms with Gasteiger partial charge in [-0.15, -0.1) is 0 Å². The van der Waals surface area contributed by atoms with Crippen LogP contribution in [0.15, 0.2) is 47.4 Å². The largest absolute Gasteiger partial charge is 0.480 e. The molecule has 43 heavy (non-hydrogen) atoms. The molecule has 2 saturated heterocycles. The van der Waals surface area contributed by atoms with E-state index in [-0.39, 0.29) is 23.3 Å². The first kappa shape index (κ1) is 32.8. The van der Waals surface area contributed by atoms with Gasteiger partial charge in [0, 0.05) is 12.5 Å². The van der Waals surface area contributed by atoms with Gasteiger partial charge in [-0.1, -0.05) is 30.3 Å². The Morgan fingerprint density at radius 2 is 1.42 bits per heavy atom. The maximum absolute atomic E-state index is 13.2. The fraction of sp³-hybridized carbons (Fsp3) is 0.581. The van der Waals surface area contributed by atoms with Crippen LogP contribution in [0.3, 0.4) is 0 Å². The number of piperidine rings is 2. The molecule has 6 N–H and O–H groups in total. The van der Waals surface area contributed by atoms with Gasteiger partial charge in [0.05, 0.1) is 11.4 Å². The molecule has 2 heterocycles. The van der Waals surface area contributed by atoms with Crippen LogP contribution < -0.4 is 26.0 Å². The highest BCUT2D eigenvalue weighted by Gasteiger charge is 2.27. The Hall–Kier alpha value is -3.06. The number of hydrogen-bond acceptors (Lipinski definition) is 7. The van der Waals surface area contributed by atoms with Crippen molar-refractivity contribution in [3.05, 3.63) is 42.5 Å². The Morgan fingerprint density at radius 3 is 2.00 bits per heavy atom. The molecule has 0 unspecified atom stereocenters. The van der Waals surface area contributed by atoms with Gasteiger partial charge in [0.2, 0.25) is 21.8 Å². The fourth-order valence-corrected chi connectivity index (χ4v) is 7.20. The molecule has 2 fully saturated rings. The number of aliphatic carboxylic acids is 1. The molecule has 0 spiro atoms. The van der Waals surface area contributed by atoms with E-state index in [1.54, 1.807) is 18.2 Å². The zero-order chi connectivity index (χ0) is 30.7. The highest BCUT2D eigenvalue weighted by atomic mass is 32.2. The highest BCUT2D eigenvalue weighted by molar-refractivity contribution is 7.89. The van der Waals surface area contributed by atoms with E-state index in [1.165, 1.54) is 12.1 Å². The topological polar surface area (TPSA) is 166 Å². The summed E-state index contributed by atoms with van der Waals surface area (Å²) in [5.41, 5.74) is 0. The third-order valence-electron chi connectivity index (χ3n) is 8.69. The van der Waals surface area contributed by atoms with Crippen molar-refractivity contribution in [1.82, 2.24) is 26.0 Å². The molecule has 12 heteroatoms. The molecule has 0 saturated carbocycles. The van der Waals surface area contributed by atoms with Gasteiger partial charge in [-0.25, -0.2) is 8.42 Å². The Kier molecular flexibility index (Phi) is 12.3. The Bertz CT molecular complexity index is 1320. The molecule has 0 aliphatic carbocycles. The van der Waals surface area contributed by atoms with Gasteiger partial charge in [-0.2, -0.15) is 4.72 Å². The van der Waals surface area contributed by atoms with Crippen LogP contribution in [0.1, 0.15) is 51.4 Å². The Balaban J connectivity index is 1.27. The summed E-state index contributed by atoms with van der Waals surface area (Å²) in [5.74, 6) is -1.15. The van der Waals surface area contributed by atoms with Gasteiger partial charge in [0.1, 0.15) is 6.04 Å². The molecule has 2 amide bonds. The standard InChI is InChI=1S/C31H45N5O6S/c37-29(34-20-28(31(39)40)36-43(41,42)27-10-9-24-3-1-2-4-26(24)19-27)21-35-30(38)25(7-5-22-11-15-32-16-12-22)8-6-23-13-17-33-18-14-23/h1-4,9-10,19,22-23,25,28,32-33,36H,5-8,11-18,20-21H2,(H,34,37)(H,35,38)(H,39,40)/t28-/m0/s1. The van der Waals surface area contributed by atoms with Crippen molar-refractivity contribution in [2.45, 2.75) is 62.3 Å². The first-order valence-corrected chi connectivity index (χ1v) is 16.9. The molecule has 2 aliphatic rings. The molecule has 1 atom stereocenters. The number of carboxylic acids is 1. The summed E-state index contributed by atoms with van der Waals surface area (Å²) >= 11 is 0. The maximum Gasteiger partial charge on any atom is 0.323 e.